The molecule has 1 saturated heterocycles. The lowest BCUT2D eigenvalue weighted by Crippen LogP contribution is -2.31. The first-order valence-corrected chi connectivity index (χ1v) is 9.29. The Hall–Kier alpha value is -2.67. The van der Waals surface area contributed by atoms with Gasteiger partial charge in [0.05, 0.1) is 16.6 Å². The van der Waals surface area contributed by atoms with Gasteiger partial charge >= 0.3 is 5.97 Å². The molecule has 2 fully saturated rings. The van der Waals surface area contributed by atoms with Crippen LogP contribution in [0, 0.1) is 5.82 Å². The second-order valence-electron chi connectivity index (χ2n) is 7.77. The number of halogens is 1. The van der Waals surface area contributed by atoms with E-state index in [2.05, 4.69) is 0 Å². The average Bonchev–Trinajstić information content (AvgIpc) is 3.40. The first-order chi connectivity index (χ1) is 13.0. The molecule has 0 spiro atoms. The number of hydrogen-bond donors (Lipinski definition) is 2. The van der Waals surface area contributed by atoms with E-state index in [1.54, 1.807) is 0 Å². The van der Waals surface area contributed by atoms with Crippen molar-refractivity contribution in [3.8, 4) is 0 Å². The fourth-order valence-electron chi connectivity index (χ4n) is 4.54. The largest absolute Gasteiger partial charge is 0.477 e. The number of fused-ring (bicyclic) bond motifs is 5. The van der Waals surface area contributed by atoms with Crippen LogP contribution in [-0.4, -0.2) is 34.3 Å². The van der Waals surface area contributed by atoms with Crippen LogP contribution in [0.2, 0.25) is 0 Å². The number of hydrogen-bond acceptors (Lipinski definition) is 4. The van der Waals surface area contributed by atoms with E-state index >= 15 is 4.39 Å². The Labute approximate surface area is 154 Å². The highest BCUT2D eigenvalue weighted by atomic mass is 19.1. The number of benzene rings is 1. The van der Waals surface area contributed by atoms with Crippen LogP contribution >= 0.6 is 0 Å². The SMILES string of the molecule is N[C@H]1CC2CC=Cc3c(c(F)cc4c(=O)c(C(=O)O)cn(C5CC5)c34)N2C1. The Morgan fingerprint density at radius 3 is 2.78 bits per heavy atom. The second-order valence-corrected chi connectivity index (χ2v) is 7.77. The van der Waals surface area contributed by atoms with Crippen LogP contribution in [0.4, 0.5) is 10.1 Å². The molecule has 1 aliphatic carbocycles. The van der Waals surface area contributed by atoms with Crippen molar-refractivity contribution >= 4 is 28.6 Å². The molecule has 1 unspecified atom stereocenters. The van der Waals surface area contributed by atoms with Crippen molar-refractivity contribution in [3.63, 3.8) is 0 Å². The molecule has 1 aromatic heterocycles. The molecule has 140 valence electrons. The molecule has 0 radical (unpaired) electrons. The van der Waals surface area contributed by atoms with Crippen molar-refractivity contribution in [2.75, 3.05) is 11.4 Å². The van der Waals surface area contributed by atoms with E-state index in [0.717, 1.165) is 25.7 Å². The highest BCUT2D eigenvalue weighted by Crippen LogP contribution is 2.43. The minimum Gasteiger partial charge on any atom is -0.477 e. The Bertz CT molecular complexity index is 1070. The van der Waals surface area contributed by atoms with E-state index < -0.39 is 17.2 Å². The van der Waals surface area contributed by atoms with E-state index in [0.29, 0.717) is 23.3 Å². The molecule has 2 aromatic rings. The maximum Gasteiger partial charge on any atom is 0.341 e. The zero-order valence-corrected chi connectivity index (χ0v) is 14.7. The summed E-state index contributed by atoms with van der Waals surface area (Å²) in [5.74, 6) is -1.78. The quantitative estimate of drug-likeness (QED) is 0.849. The number of carboxylic acids is 1. The predicted octanol–water partition coefficient (Wildman–Crippen LogP) is 2.50. The number of aromatic carboxylic acids is 1. The van der Waals surface area contributed by atoms with Gasteiger partial charge in [-0.2, -0.15) is 0 Å². The number of aromatic nitrogens is 1. The molecule has 1 saturated carbocycles. The van der Waals surface area contributed by atoms with Crippen molar-refractivity contribution in [2.45, 2.75) is 43.8 Å². The summed E-state index contributed by atoms with van der Waals surface area (Å²) in [6, 6.07) is 1.49. The number of nitrogens with zero attached hydrogens (tertiary/aromatic N) is 2. The fourth-order valence-corrected chi connectivity index (χ4v) is 4.54. The smallest absolute Gasteiger partial charge is 0.341 e. The lowest BCUT2D eigenvalue weighted by Gasteiger charge is -2.27. The van der Waals surface area contributed by atoms with Gasteiger partial charge in [-0.25, -0.2) is 9.18 Å². The number of anilines is 1. The summed E-state index contributed by atoms with van der Waals surface area (Å²) in [7, 11) is 0. The van der Waals surface area contributed by atoms with Gasteiger partial charge in [0.15, 0.2) is 0 Å². The molecule has 5 rings (SSSR count). The van der Waals surface area contributed by atoms with E-state index in [-0.39, 0.29) is 29.1 Å². The van der Waals surface area contributed by atoms with E-state index in [1.807, 2.05) is 21.6 Å². The van der Waals surface area contributed by atoms with Crippen LogP contribution in [0.25, 0.3) is 17.0 Å². The van der Waals surface area contributed by atoms with Gasteiger partial charge in [-0.05, 0) is 31.7 Å². The van der Waals surface area contributed by atoms with Crippen molar-refractivity contribution in [3.05, 3.63) is 45.5 Å². The molecule has 6 nitrogen and oxygen atoms in total. The van der Waals surface area contributed by atoms with Gasteiger partial charge in [0, 0.05) is 36.4 Å². The molecular formula is C20H20FN3O3. The minimum absolute atomic E-state index is 0.00976. The maximum atomic E-state index is 15.2. The molecule has 2 aliphatic heterocycles. The maximum absolute atomic E-state index is 15.2. The van der Waals surface area contributed by atoms with Gasteiger partial charge in [0.2, 0.25) is 5.43 Å². The summed E-state index contributed by atoms with van der Waals surface area (Å²) in [6.45, 7) is 0.572. The fraction of sp³-hybridized carbons (Fsp3) is 0.400. The third-order valence-electron chi connectivity index (χ3n) is 5.88. The van der Waals surface area contributed by atoms with Crippen LogP contribution < -0.4 is 16.1 Å². The van der Waals surface area contributed by atoms with Crippen molar-refractivity contribution < 1.29 is 14.3 Å². The molecule has 2 atom stereocenters. The van der Waals surface area contributed by atoms with Gasteiger partial charge < -0.3 is 20.3 Å². The van der Waals surface area contributed by atoms with Crippen molar-refractivity contribution in [1.82, 2.24) is 4.57 Å². The number of carbonyl (C=O) groups is 1. The zero-order chi connectivity index (χ0) is 18.9. The van der Waals surface area contributed by atoms with Crippen LogP contribution in [0.3, 0.4) is 0 Å². The highest BCUT2D eigenvalue weighted by Gasteiger charge is 2.36. The van der Waals surface area contributed by atoms with Crippen molar-refractivity contribution in [1.29, 1.82) is 0 Å². The van der Waals surface area contributed by atoms with Gasteiger partial charge in [-0.1, -0.05) is 12.2 Å². The molecule has 3 aliphatic rings. The Kier molecular flexibility index (Phi) is 3.46. The van der Waals surface area contributed by atoms with Crippen LogP contribution in [0.5, 0.6) is 0 Å². The third-order valence-corrected chi connectivity index (χ3v) is 5.88. The highest BCUT2D eigenvalue weighted by molar-refractivity contribution is 5.98. The summed E-state index contributed by atoms with van der Waals surface area (Å²) >= 11 is 0. The summed E-state index contributed by atoms with van der Waals surface area (Å²) in [5.41, 5.74) is 6.93. The number of rotatable bonds is 2. The van der Waals surface area contributed by atoms with Crippen LogP contribution in [-0.2, 0) is 0 Å². The minimum atomic E-state index is -1.28. The summed E-state index contributed by atoms with van der Waals surface area (Å²) < 4.78 is 17.1. The number of carboxylic acid groups (broad SMARTS) is 1. The van der Waals surface area contributed by atoms with Crippen molar-refractivity contribution in [2.24, 2.45) is 5.73 Å². The molecular weight excluding hydrogens is 349 g/mol. The molecule has 0 amide bonds. The summed E-state index contributed by atoms with van der Waals surface area (Å²) in [6.07, 6.45) is 8.72. The van der Waals surface area contributed by atoms with E-state index in [9.17, 15) is 14.7 Å². The van der Waals surface area contributed by atoms with Gasteiger partial charge in [0.25, 0.3) is 0 Å². The number of pyridine rings is 1. The Morgan fingerprint density at radius 1 is 1.30 bits per heavy atom. The molecule has 3 N–H and O–H groups in total. The monoisotopic (exact) mass is 369 g/mol. The second kappa shape index (κ2) is 5.66. The Morgan fingerprint density at radius 2 is 2.07 bits per heavy atom. The zero-order valence-electron chi connectivity index (χ0n) is 14.7. The molecule has 7 heteroatoms. The topological polar surface area (TPSA) is 88.6 Å². The van der Waals surface area contributed by atoms with Gasteiger partial charge in [0.1, 0.15) is 11.4 Å². The summed E-state index contributed by atoms with van der Waals surface area (Å²) in [5, 5.41) is 9.54. The van der Waals surface area contributed by atoms with Gasteiger partial charge in [-0.15, -0.1) is 0 Å². The molecule has 27 heavy (non-hydrogen) atoms. The molecule has 0 bridgehead atoms. The standard InChI is InChI=1S/C20H20FN3O3/c21-16-7-14-17(24(11-4-5-11)9-15(19(14)25)20(26)27)13-3-1-2-12-6-10(22)8-23(12)18(13)16/h1,3,7,9-12H,2,4-6,8,22H2,(H,26,27)/t10-,12?/m0/s1. The normalized spacial score (nSPS) is 24.0. The lowest BCUT2D eigenvalue weighted by atomic mass is 10.0. The predicted molar refractivity (Wildman–Crippen MR) is 101 cm³/mol. The van der Waals surface area contributed by atoms with Crippen LogP contribution in [0.15, 0.2) is 23.1 Å². The van der Waals surface area contributed by atoms with E-state index in [1.165, 1.54) is 12.3 Å². The summed E-state index contributed by atoms with van der Waals surface area (Å²) in [4.78, 5) is 26.3. The van der Waals surface area contributed by atoms with Gasteiger partial charge in [-0.3, -0.25) is 4.79 Å². The first kappa shape index (κ1) is 16.5. The van der Waals surface area contributed by atoms with E-state index in [4.69, 9.17) is 5.73 Å². The molecule has 1 aromatic carbocycles. The lowest BCUT2D eigenvalue weighted by molar-refractivity contribution is 0.0695. The first-order valence-electron chi connectivity index (χ1n) is 9.29. The Balaban J connectivity index is 1.88. The average molecular weight is 369 g/mol. The number of nitrogens with two attached hydrogens (primary N) is 1. The molecule has 3 heterocycles. The third kappa shape index (κ3) is 2.41. The van der Waals surface area contributed by atoms with Crippen LogP contribution in [0.1, 0.15) is 47.6 Å².